The molecule has 0 spiro atoms. The van der Waals surface area contributed by atoms with Crippen molar-refractivity contribution in [2.75, 3.05) is 41.4 Å². The van der Waals surface area contributed by atoms with Gasteiger partial charge in [0, 0.05) is 25.7 Å². The Morgan fingerprint density at radius 2 is 1.83 bits per heavy atom. The van der Waals surface area contributed by atoms with Crippen LogP contribution in [0.15, 0.2) is 42.5 Å². The van der Waals surface area contributed by atoms with Crippen molar-refractivity contribution in [3.63, 3.8) is 0 Å². The van der Waals surface area contributed by atoms with Crippen LogP contribution in [0, 0.1) is 11.3 Å². The fourth-order valence-corrected chi connectivity index (χ4v) is 3.10. The lowest BCUT2D eigenvalue weighted by Gasteiger charge is -2.23. The maximum Gasteiger partial charge on any atom is 0.246 e. The smallest absolute Gasteiger partial charge is 0.246 e. The van der Waals surface area contributed by atoms with Crippen molar-refractivity contribution in [3.05, 3.63) is 64.2 Å². The van der Waals surface area contributed by atoms with E-state index in [2.05, 4.69) is 6.07 Å². The number of carbonyl (C=O) groups is 1. The van der Waals surface area contributed by atoms with Crippen molar-refractivity contribution in [1.82, 2.24) is 9.80 Å². The van der Waals surface area contributed by atoms with Crippen LogP contribution in [0.3, 0.4) is 0 Å². The van der Waals surface area contributed by atoms with Crippen LogP contribution in [-0.4, -0.2) is 57.1 Å². The zero-order chi connectivity index (χ0) is 22.1. The summed E-state index contributed by atoms with van der Waals surface area (Å²) in [5.41, 5.74) is 2.29. The normalized spacial score (nSPS) is 10.8. The summed E-state index contributed by atoms with van der Waals surface area (Å²) < 4.78 is 10.5. The van der Waals surface area contributed by atoms with Crippen molar-refractivity contribution >= 4 is 23.6 Å². The van der Waals surface area contributed by atoms with Gasteiger partial charge in [-0.2, -0.15) is 5.26 Å². The van der Waals surface area contributed by atoms with Crippen LogP contribution in [0.5, 0.6) is 11.5 Å². The number of halogens is 1. The molecule has 2 aromatic carbocycles. The van der Waals surface area contributed by atoms with Gasteiger partial charge in [-0.25, -0.2) is 0 Å². The van der Waals surface area contributed by atoms with Gasteiger partial charge in [0.2, 0.25) is 5.91 Å². The van der Waals surface area contributed by atoms with Crippen molar-refractivity contribution in [2.45, 2.75) is 6.54 Å². The zero-order valence-corrected chi connectivity index (χ0v) is 18.4. The highest BCUT2D eigenvalue weighted by Crippen LogP contribution is 2.36. The van der Waals surface area contributed by atoms with E-state index in [9.17, 15) is 4.79 Å². The topological polar surface area (TPSA) is 65.8 Å². The molecule has 0 unspecified atom stereocenters. The lowest BCUT2D eigenvalue weighted by Crippen LogP contribution is -2.35. The monoisotopic (exact) mass is 427 g/mol. The number of nitriles is 1. The molecule has 0 aliphatic rings. The Hall–Kier alpha value is -3.01. The van der Waals surface area contributed by atoms with E-state index in [1.54, 1.807) is 35.2 Å². The molecule has 158 valence electrons. The summed E-state index contributed by atoms with van der Waals surface area (Å²) in [5.74, 6) is 0.835. The number of hydrogen-bond donors (Lipinski definition) is 0. The van der Waals surface area contributed by atoms with E-state index in [4.69, 9.17) is 26.3 Å². The molecule has 30 heavy (non-hydrogen) atoms. The van der Waals surface area contributed by atoms with Gasteiger partial charge in [-0.3, -0.25) is 4.79 Å². The van der Waals surface area contributed by atoms with Crippen LogP contribution >= 0.6 is 11.6 Å². The summed E-state index contributed by atoms with van der Waals surface area (Å²) in [6.45, 7) is 1.76. The Kier molecular flexibility index (Phi) is 8.72. The molecule has 0 fully saturated rings. The lowest BCUT2D eigenvalue weighted by atomic mass is 10.1. The van der Waals surface area contributed by atoms with Crippen LogP contribution in [0.1, 0.15) is 16.7 Å². The highest BCUT2D eigenvalue weighted by atomic mass is 35.5. The van der Waals surface area contributed by atoms with E-state index in [0.717, 1.165) is 17.7 Å². The van der Waals surface area contributed by atoms with E-state index in [-0.39, 0.29) is 5.91 Å². The molecule has 0 saturated heterocycles. The molecule has 0 saturated carbocycles. The maximum atomic E-state index is 12.9. The van der Waals surface area contributed by atoms with Gasteiger partial charge < -0.3 is 19.3 Å². The lowest BCUT2D eigenvalue weighted by molar-refractivity contribution is -0.126. The number of likely N-dealkylation sites (N-methyl/N-ethyl adjacent to an activating group) is 1. The second kappa shape index (κ2) is 11.2. The summed E-state index contributed by atoms with van der Waals surface area (Å²) in [6, 6.07) is 12.8. The van der Waals surface area contributed by atoms with E-state index in [0.29, 0.717) is 35.2 Å². The number of benzene rings is 2. The fourth-order valence-electron chi connectivity index (χ4n) is 2.80. The Labute approximate surface area is 182 Å². The first-order valence-corrected chi connectivity index (χ1v) is 9.78. The molecular weight excluding hydrogens is 402 g/mol. The summed E-state index contributed by atoms with van der Waals surface area (Å²) in [7, 11) is 6.99. The standard InChI is InChI=1S/C23H26ClN3O3/c1-26(2)11-12-27(16-18-7-5-17(15-25)6-8-18)22(28)10-9-19-13-20(24)23(30-4)21(14-19)29-3/h5-10,13-14H,11-12,16H2,1-4H3. The third kappa shape index (κ3) is 6.51. The average molecular weight is 428 g/mol. The molecule has 7 heteroatoms. The second-order valence-electron chi connectivity index (χ2n) is 6.94. The number of nitrogens with zero attached hydrogens (tertiary/aromatic N) is 3. The average Bonchev–Trinajstić information content (AvgIpc) is 2.74. The molecule has 0 aliphatic carbocycles. The number of hydrogen-bond acceptors (Lipinski definition) is 5. The van der Waals surface area contributed by atoms with E-state index >= 15 is 0 Å². The molecule has 6 nitrogen and oxygen atoms in total. The first-order valence-electron chi connectivity index (χ1n) is 9.40. The quantitative estimate of drug-likeness (QED) is 0.569. The molecule has 2 rings (SSSR count). The molecule has 0 atom stereocenters. The van der Waals surface area contributed by atoms with E-state index in [1.807, 2.05) is 31.1 Å². The molecule has 1 amide bonds. The molecule has 0 radical (unpaired) electrons. The van der Waals surface area contributed by atoms with Crippen molar-refractivity contribution in [1.29, 1.82) is 5.26 Å². The summed E-state index contributed by atoms with van der Waals surface area (Å²) in [4.78, 5) is 16.7. The number of methoxy groups -OCH3 is 2. The molecule has 0 aromatic heterocycles. The molecule has 2 aromatic rings. The maximum absolute atomic E-state index is 12.9. The molecular formula is C23H26ClN3O3. The van der Waals surface area contributed by atoms with E-state index < -0.39 is 0 Å². The van der Waals surface area contributed by atoms with Crippen LogP contribution in [0.4, 0.5) is 0 Å². The van der Waals surface area contributed by atoms with Gasteiger partial charge in [0.25, 0.3) is 0 Å². The predicted octanol–water partition coefficient (Wildman–Crippen LogP) is 3.83. The van der Waals surface area contributed by atoms with Crippen molar-refractivity contribution in [3.8, 4) is 17.6 Å². The van der Waals surface area contributed by atoms with Crippen molar-refractivity contribution < 1.29 is 14.3 Å². The van der Waals surface area contributed by atoms with Crippen LogP contribution in [0.25, 0.3) is 6.08 Å². The molecule has 0 heterocycles. The van der Waals surface area contributed by atoms with Gasteiger partial charge >= 0.3 is 0 Å². The Bertz CT molecular complexity index is 934. The molecule has 0 N–H and O–H groups in total. The van der Waals surface area contributed by atoms with Crippen LogP contribution in [0.2, 0.25) is 5.02 Å². The van der Waals surface area contributed by atoms with Gasteiger partial charge in [-0.05, 0) is 55.6 Å². The molecule has 0 aliphatic heterocycles. The Morgan fingerprint density at radius 3 is 2.40 bits per heavy atom. The van der Waals surface area contributed by atoms with Gasteiger partial charge in [-0.1, -0.05) is 23.7 Å². The highest BCUT2D eigenvalue weighted by molar-refractivity contribution is 6.32. The second-order valence-corrected chi connectivity index (χ2v) is 7.35. The third-order valence-electron chi connectivity index (χ3n) is 4.46. The van der Waals surface area contributed by atoms with Gasteiger partial charge in [0.15, 0.2) is 11.5 Å². The van der Waals surface area contributed by atoms with Gasteiger partial charge in [0.05, 0.1) is 30.9 Å². The fraction of sp³-hybridized carbons (Fsp3) is 0.304. The summed E-state index contributed by atoms with van der Waals surface area (Å²) in [6.07, 6.45) is 3.23. The van der Waals surface area contributed by atoms with Gasteiger partial charge in [-0.15, -0.1) is 0 Å². The van der Waals surface area contributed by atoms with Crippen LogP contribution in [-0.2, 0) is 11.3 Å². The zero-order valence-electron chi connectivity index (χ0n) is 17.7. The van der Waals surface area contributed by atoms with Gasteiger partial charge in [0.1, 0.15) is 0 Å². The highest BCUT2D eigenvalue weighted by Gasteiger charge is 2.13. The first-order chi connectivity index (χ1) is 14.4. The Morgan fingerprint density at radius 1 is 1.13 bits per heavy atom. The number of amides is 1. The number of carbonyl (C=O) groups excluding carboxylic acids is 1. The first kappa shape index (κ1) is 23.3. The predicted molar refractivity (Wildman–Crippen MR) is 119 cm³/mol. The minimum absolute atomic E-state index is 0.118. The minimum Gasteiger partial charge on any atom is -0.493 e. The third-order valence-corrected chi connectivity index (χ3v) is 4.74. The van der Waals surface area contributed by atoms with E-state index in [1.165, 1.54) is 20.3 Å². The summed E-state index contributed by atoms with van der Waals surface area (Å²) in [5, 5.41) is 9.36. The molecule has 0 bridgehead atoms. The largest absolute Gasteiger partial charge is 0.493 e. The minimum atomic E-state index is -0.118. The van der Waals surface area contributed by atoms with Crippen LogP contribution < -0.4 is 9.47 Å². The number of rotatable bonds is 9. The SMILES string of the molecule is COc1cc(C=CC(=O)N(CCN(C)C)Cc2ccc(C#N)cc2)cc(Cl)c1OC. The summed E-state index contributed by atoms with van der Waals surface area (Å²) >= 11 is 6.25. The Balaban J connectivity index is 2.20. The number of ether oxygens (including phenoxy) is 2. The van der Waals surface area contributed by atoms with Crippen molar-refractivity contribution in [2.24, 2.45) is 0 Å².